The van der Waals surface area contributed by atoms with Crippen LogP contribution >= 0.6 is 11.6 Å². The highest BCUT2D eigenvalue weighted by atomic mass is 35.5. The lowest BCUT2D eigenvalue weighted by atomic mass is 10.2. The first-order valence-corrected chi connectivity index (χ1v) is 7.61. The number of nitrogens with one attached hydrogen (secondary N) is 2. The van der Waals surface area contributed by atoms with Gasteiger partial charge in [-0.1, -0.05) is 23.7 Å². The molecule has 0 aliphatic carbocycles. The van der Waals surface area contributed by atoms with E-state index in [1.54, 1.807) is 12.1 Å². The molecule has 2 rings (SSSR count). The minimum Gasteiger partial charge on any atom is -0.454 e. The Bertz CT molecular complexity index is 697. The molecule has 0 bridgehead atoms. The maximum absolute atomic E-state index is 11.0. The van der Waals surface area contributed by atoms with Crippen molar-refractivity contribution in [3.63, 3.8) is 0 Å². The average Bonchev–Trinajstić information content (AvgIpc) is 2.99. The molecule has 0 spiro atoms. The van der Waals surface area contributed by atoms with Crippen molar-refractivity contribution in [2.75, 3.05) is 6.54 Å². The molecule has 0 saturated carbocycles. The van der Waals surface area contributed by atoms with E-state index in [9.17, 15) is 4.79 Å². The first-order valence-electron chi connectivity index (χ1n) is 7.23. The summed E-state index contributed by atoms with van der Waals surface area (Å²) in [5, 5.41) is 6.96. The van der Waals surface area contributed by atoms with Crippen LogP contribution in [0.5, 0.6) is 0 Å². The van der Waals surface area contributed by atoms with Gasteiger partial charge in [-0.05, 0) is 36.8 Å². The number of nitrogens with two attached hydrogens (primary N) is 1. The van der Waals surface area contributed by atoms with Crippen molar-refractivity contribution in [3.05, 3.63) is 58.5 Å². The Morgan fingerprint density at radius 1 is 1.30 bits per heavy atom. The number of amides is 1. The van der Waals surface area contributed by atoms with Gasteiger partial charge in [0.15, 0.2) is 11.7 Å². The Kier molecular flexibility index (Phi) is 6.05. The summed E-state index contributed by atoms with van der Waals surface area (Å²) in [5.74, 6) is 0.803. The van der Waals surface area contributed by atoms with Crippen LogP contribution in [0, 0.1) is 0 Å². The number of furan rings is 1. The molecule has 1 aromatic carbocycles. The number of carbonyl (C=O) groups excluding carboxylic acids is 1. The predicted molar refractivity (Wildman–Crippen MR) is 90.3 cm³/mol. The Labute approximate surface area is 139 Å². The van der Waals surface area contributed by atoms with Crippen LogP contribution in [-0.2, 0) is 13.1 Å². The second-order valence-corrected chi connectivity index (χ2v) is 5.25. The maximum atomic E-state index is 11.0. The van der Waals surface area contributed by atoms with E-state index >= 15 is 0 Å². The first kappa shape index (κ1) is 16.9. The van der Waals surface area contributed by atoms with Crippen LogP contribution in [0.2, 0.25) is 5.02 Å². The summed E-state index contributed by atoms with van der Waals surface area (Å²) in [4.78, 5) is 15.5. The number of benzene rings is 1. The third kappa shape index (κ3) is 5.34. The van der Waals surface area contributed by atoms with E-state index < -0.39 is 5.91 Å². The lowest BCUT2D eigenvalue weighted by Gasteiger charge is -2.10. The molecule has 122 valence electrons. The lowest BCUT2D eigenvalue weighted by Crippen LogP contribution is -2.36. The Morgan fingerprint density at radius 2 is 2.13 bits per heavy atom. The molecule has 4 N–H and O–H groups in total. The molecular formula is C16H19ClN4O2. The molecular weight excluding hydrogens is 316 g/mol. The summed E-state index contributed by atoms with van der Waals surface area (Å²) in [5.41, 5.74) is 6.17. The number of aliphatic imine (C=N–C) groups is 1. The molecule has 1 amide bonds. The number of primary amides is 1. The first-order chi connectivity index (χ1) is 11.1. The largest absolute Gasteiger partial charge is 0.454 e. The van der Waals surface area contributed by atoms with Crippen molar-refractivity contribution < 1.29 is 9.21 Å². The number of hydrogen-bond donors (Lipinski definition) is 3. The smallest absolute Gasteiger partial charge is 0.284 e. The van der Waals surface area contributed by atoms with Crippen molar-refractivity contribution in [1.29, 1.82) is 0 Å². The van der Waals surface area contributed by atoms with Gasteiger partial charge in [0.05, 0.1) is 13.1 Å². The van der Waals surface area contributed by atoms with Crippen molar-refractivity contribution in [3.8, 4) is 0 Å². The molecule has 1 aromatic heterocycles. The molecule has 7 heteroatoms. The minimum absolute atomic E-state index is 0.141. The average molecular weight is 335 g/mol. The van der Waals surface area contributed by atoms with Crippen LogP contribution in [-0.4, -0.2) is 18.4 Å². The highest BCUT2D eigenvalue weighted by Gasteiger charge is 2.07. The number of carbonyl (C=O) groups is 1. The maximum Gasteiger partial charge on any atom is 0.284 e. The molecule has 2 aromatic rings. The van der Waals surface area contributed by atoms with Gasteiger partial charge in [-0.25, -0.2) is 4.99 Å². The predicted octanol–water partition coefficient (Wildman–Crippen LogP) is 2.29. The molecule has 0 aliphatic rings. The third-order valence-electron chi connectivity index (χ3n) is 2.99. The van der Waals surface area contributed by atoms with Gasteiger partial charge in [-0.2, -0.15) is 0 Å². The van der Waals surface area contributed by atoms with Gasteiger partial charge < -0.3 is 20.8 Å². The van der Waals surface area contributed by atoms with E-state index in [0.717, 1.165) is 12.1 Å². The number of hydrogen-bond acceptors (Lipinski definition) is 3. The van der Waals surface area contributed by atoms with Crippen LogP contribution in [0.25, 0.3) is 0 Å². The van der Waals surface area contributed by atoms with Crippen LogP contribution in [0.3, 0.4) is 0 Å². The standard InChI is InChI=1S/C16H19ClN4O2/c1-2-19-16(20-9-11-4-3-5-12(17)8-11)21-10-13-6-7-14(23-13)15(18)22/h3-8H,2,9-10H2,1H3,(H2,18,22)(H2,19,20,21). The second-order valence-electron chi connectivity index (χ2n) is 4.81. The van der Waals surface area contributed by atoms with Gasteiger partial charge in [-0.3, -0.25) is 4.79 Å². The van der Waals surface area contributed by atoms with Crippen molar-refractivity contribution >= 4 is 23.5 Å². The summed E-state index contributed by atoms with van der Waals surface area (Å²) < 4.78 is 5.31. The van der Waals surface area contributed by atoms with Gasteiger partial charge in [0.1, 0.15) is 5.76 Å². The quantitative estimate of drug-likeness (QED) is 0.558. The fourth-order valence-corrected chi connectivity index (χ4v) is 2.14. The lowest BCUT2D eigenvalue weighted by molar-refractivity contribution is 0.0972. The topological polar surface area (TPSA) is 92.6 Å². The molecule has 23 heavy (non-hydrogen) atoms. The van der Waals surface area contributed by atoms with Gasteiger partial charge in [0.2, 0.25) is 0 Å². The monoisotopic (exact) mass is 334 g/mol. The zero-order chi connectivity index (χ0) is 16.7. The van der Waals surface area contributed by atoms with Crippen LogP contribution < -0.4 is 16.4 Å². The summed E-state index contributed by atoms with van der Waals surface area (Å²) in [6.07, 6.45) is 0. The summed E-state index contributed by atoms with van der Waals surface area (Å²) in [6, 6.07) is 10.8. The zero-order valence-electron chi connectivity index (χ0n) is 12.8. The van der Waals surface area contributed by atoms with E-state index in [4.69, 9.17) is 21.8 Å². The number of nitrogens with zero attached hydrogens (tertiary/aromatic N) is 1. The van der Waals surface area contributed by atoms with E-state index in [2.05, 4.69) is 15.6 Å². The second kappa shape index (κ2) is 8.24. The van der Waals surface area contributed by atoms with Gasteiger partial charge in [0.25, 0.3) is 5.91 Å². The zero-order valence-corrected chi connectivity index (χ0v) is 13.6. The molecule has 0 radical (unpaired) electrons. The summed E-state index contributed by atoms with van der Waals surface area (Å²) in [6.45, 7) is 3.61. The number of guanidine groups is 1. The van der Waals surface area contributed by atoms with E-state index in [-0.39, 0.29) is 5.76 Å². The highest BCUT2D eigenvalue weighted by Crippen LogP contribution is 2.11. The number of rotatable bonds is 6. The Hall–Kier alpha value is -2.47. The van der Waals surface area contributed by atoms with Crippen LogP contribution in [0.4, 0.5) is 0 Å². The summed E-state index contributed by atoms with van der Waals surface area (Å²) >= 11 is 5.96. The molecule has 6 nitrogen and oxygen atoms in total. The molecule has 0 unspecified atom stereocenters. The van der Waals surface area contributed by atoms with E-state index in [0.29, 0.717) is 29.8 Å². The fourth-order valence-electron chi connectivity index (χ4n) is 1.92. The fraction of sp³-hybridized carbons (Fsp3) is 0.250. The summed E-state index contributed by atoms with van der Waals surface area (Å²) in [7, 11) is 0. The highest BCUT2D eigenvalue weighted by molar-refractivity contribution is 6.30. The van der Waals surface area contributed by atoms with Gasteiger partial charge in [0, 0.05) is 11.6 Å². The molecule has 0 aliphatic heterocycles. The SMILES string of the molecule is CCNC(=NCc1cccc(Cl)c1)NCc1ccc(C(N)=O)o1. The molecule has 1 heterocycles. The van der Waals surface area contributed by atoms with Crippen LogP contribution in [0.1, 0.15) is 28.8 Å². The molecule has 0 atom stereocenters. The van der Waals surface area contributed by atoms with Crippen molar-refractivity contribution in [2.24, 2.45) is 10.7 Å². The van der Waals surface area contributed by atoms with Crippen LogP contribution in [0.15, 0.2) is 45.8 Å². The van der Waals surface area contributed by atoms with E-state index in [1.165, 1.54) is 0 Å². The van der Waals surface area contributed by atoms with Gasteiger partial charge in [-0.15, -0.1) is 0 Å². The Morgan fingerprint density at radius 3 is 2.78 bits per heavy atom. The minimum atomic E-state index is -0.585. The van der Waals surface area contributed by atoms with Gasteiger partial charge >= 0.3 is 0 Å². The molecule has 0 fully saturated rings. The van der Waals surface area contributed by atoms with Crippen molar-refractivity contribution in [2.45, 2.75) is 20.0 Å². The Balaban J connectivity index is 1.97. The molecule has 0 saturated heterocycles. The number of halogens is 1. The van der Waals surface area contributed by atoms with Crippen molar-refractivity contribution in [1.82, 2.24) is 10.6 Å². The normalized spacial score (nSPS) is 11.3. The van der Waals surface area contributed by atoms with E-state index in [1.807, 2.05) is 31.2 Å². The third-order valence-corrected chi connectivity index (χ3v) is 3.22.